The number of rotatable bonds is 4. The Bertz CT molecular complexity index is 508. The number of hydrogen-bond donors (Lipinski definition) is 0. The van der Waals surface area contributed by atoms with Crippen LogP contribution in [-0.2, 0) is 15.8 Å². The molecule has 0 bridgehead atoms. The molecular weight excluding hydrogens is 248 g/mol. The first-order chi connectivity index (χ1) is 7.47. The van der Waals surface area contributed by atoms with Gasteiger partial charge in [0, 0.05) is 12.1 Å². The first kappa shape index (κ1) is 13.0. The molecule has 0 radical (unpaired) electrons. The Morgan fingerprint density at radius 2 is 2.06 bits per heavy atom. The van der Waals surface area contributed by atoms with E-state index in [-0.39, 0.29) is 12.3 Å². The van der Waals surface area contributed by atoms with Gasteiger partial charge in [0.1, 0.15) is 6.54 Å². The predicted molar refractivity (Wildman–Crippen MR) is 62.3 cm³/mol. The smallest absolute Gasteiger partial charge is 0.212 e. The molecule has 1 rings (SSSR count). The maximum Gasteiger partial charge on any atom is 0.219 e. The second-order valence-corrected chi connectivity index (χ2v) is 5.74. The van der Waals surface area contributed by atoms with Gasteiger partial charge in [-0.1, -0.05) is 29.8 Å². The van der Waals surface area contributed by atoms with Crippen LogP contribution in [0.15, 0.2) is 24.3 Å². The van der Waals surface area contributed by atoms with E-state index in [1.807, 2.05) is 0 Å². The first-order valence-electron chi connectivity index (χ1n) is 4.52. The Hall–Kier alpha value is -1.09. The zero-order valence-corrected chi connectivity index (χ0v) is 10.3. The average Bonchev–Trinajstić information content (AvgIpc) is 2.21. The highest BCUT2D eigenvalue weighted by Crippen LogP contribution is 2.18. The average molecular weight is 259 g/mol. The van der Waals surface area contributed by atoms with Crippen molar-refractivity contribution in [3.8, 4) is 6.07 Å². The van der Waals surface area contributed by atoms with Crippen molar-refractivity contribution in [2.24, 2.45) is 0 Å². The Balaban J connectivity index is 2.90. The topological polar surface area (TPSA) is 61.2 Å². The third kappa shape index (κ3) is 3.20. The molecule has 0 aromatic heterocycles. The summed E-state index contributed by atoms with van der Waals surface area (Å²) in [5.74, 6) is -0.190. The summed E-state index contributed by atoms with van der Waals surface area (Å²) in [4.78, 5) is 0. The maximum absolute atomic E-state index is 11.8. The van der Waals surface area contributed by atoms with Gasteiger partial charge in [-0.05, 0) is 11.6 Å². The lowest BCUT2D eigenvalue weighted by atomic mass is 10.2. The molecule has 0 aliphatic heterocycles. The monoisotopic (exact) mass is 258 g/mol. The maximum atomic E-state index is 11.8. The quantitative estimate of drug-likeness (QED) is 0.771. The number of halogens is 1. The van der Waals surface area contributed by atoms with E-state index in [1.165, 1.54) is 7.05 Å². The van der Waals surface area contributed by atoms with Crippen LogP contribution < -0.4 is 0 Å². The fraction of sp³-hybridized carbons (Fsp3) is 0.300. The minimum Gasteiger partial charge on any atom is -0.212 e. The molecule has 1 aromatic rings. The fourth-order valence-corrected chi connectivity index (χ4v) is 2.52. The Morgan fingerprint density at radius 1 is 1.44 bits per heavy atom. The summed E-state index contributed by atoms with van der Waals surface area (Å²) in [6, 6.07) is 8.53. The molecule has 0 aliphatic rings. The molecule has 0 aliphatic carbocycles. The molecule has 86 valence electrons. The van der Waals surface area contributed by atoms with Gasteiger partial charge in [-0.25, -0.2) is 8.42 Å². The zero-order valence-electron chi connectivity index (χ0n) is 8.72. The van der Waals surface area contributed by atoms with E-state index >= 15 is 0 Å². The number of hydrogen-bond acceptors (Lipinski definition) is 3. The molecule has 0 unspecified atom stereocenters. The van der Waals surface area contributed by atoms with Crippen molar-refractivity contribution in [3.63, 3.8) is 0 Å². The van der Waals surface area contributed by atoms with Gasteiger partial charge < -0.3 is 0 Å². The fourth-order valence-electron chi connectivity index (χ4n) is 1.12. The summed E-state index contributed by atoms with van der Waals surface area (Å²) in [6.07, 6.45) is 0. The molecule has 6 heteroatoms. The van der Waals surface area contributed by atoms with Gasteiger partial charge in [0.15, 0.2) is 0 Å². The Kier molecular flexibility index (Phi) is 4.30. The minimum atomic E-state index is -3.47. The van der Waals surface area contributed by atoms with E-state index < -0.39 is 10.0 Å². The zero-order chi connectivity index (χ0) is 12.2. The van der Waals surface area contributed by atoms with Gasteiger partial charge in [0.2, 0.25) is 10.0 Å². The number of sulfonamides is 1. The molecule has 0 heterocycles. The second kappa shape index (κ2) is 5.30. The molecule has 1 aromatic carbocycles. The molecular formula is C10H11ClN2O2S. The van der Waals surface area contributed by atoms with Crippen LogP contribution in [-0.4, -0.2) is 26.3 Å². The summed E-state index contributed by atoms with van der Waals surface area (Å²) >= 11 is 5.86. The van der Waals surface area contributed by atoms with Crippen LogP contribution in [0.4, 0.5) is 0 Å². The highest BCUT2D eigenvalue weighted by Gasteiger charge is 2.19. The van der Waals surface area contributed by atoms with E-state index in [1.54, 1.807) is 30.3 Å². The van der Waals surface area contributed by atoms with E-state index in [0.717, 1.165) is 4.31 Å². The van der Waals surface area contributed by atoms with E-state index in [2.05, 4.69) is 0 Å². The molecule has 16 heavy (non-hydrogen) atoms. The van der Waals surface area contributed by atoms with Crippen molar-refractivity contribution >= 4 is 21.6 Å². The van der Waals surface area contributed by atoms with Gasteiger partial charge in [0.25, 0.3) is 0 Å². The normalized spacial score (nSPS) is 11.4. The molecule has 4 nitrogen and oxygen atoms in total. The summed E-state index contributed by atoms with van der Waals surface area (Å²) in [7, 11) is -2.10. The van der Waals surface area contributed by atoms with Crippen LogP contribution >= 0.6 is 11.6 Å². The lowest BCUT2D eigenvalue weighted by Crippen LogP contribution is -2.28. The standard InChI is InChI=1S/C10H11ClN2O2S/c1-13(7-6-12)16(14,15)8-9-4-2-3-5-10(9)11/h2-5H,7-8H2,1H3. The number of nitriles is 1. The molecule has 0 fully saturated rings. The van der Waals surface area contributed by atoms with Gasteiger partial charge in [-0.3, -0.25) is 0 Å². The third-order valence-electron chi connectivity index (χ3n) is 2.06. The van der Waals surface area contributed by atoms with Crippen LogP contribution in [0.1, 0.15) is 5.56 Å². The molecule has 0 saturated heterocycles. The Labute approximate surface area is 100 Å². The first-order valence-corrected chi connectivity index (χ1v) is 6.50. The van der Waals surface area contributed by atoms with Crippen LogP contribution in [0.25, 0.3) is 0 Å². The summed E-state index contributed by atoms with van der Waals surface area (Å²) < 4.78 is 24.5. The van der Waals surface area contributed by atoms with Crippen LogP contribution in [0.2, 0.25) is 5.02 Å². The molecule has 0 spiro atoms. The summed E-state index contributed by atoms with van der Waals surface area (Å²) in [6.45, 7) is -0.160. The minimum absolute atomic E-state index is 0.160. The third-order valence-corrected chi connectivity index (χ3v) is 4.19. The van der Waals surface area contributed by atoms with Crippen LogP contribution in [0.5, 0.6) is 0 Å². The Morgan fingerprint density at radius 3 is 2.62 bits per heavy atom. The lowest BCUT2D eigenvalue weighted by Gasteiger charge is -2.13. The molecule has 0 saturated carbocycles. The van der Waals surface area contributed by atoms with Gasteiger partial charge in [-0.2, -0.15) is 9.57 Å². The van der Waals surface area contributed by atoms with E-state index in [0.29, 0.717) is 10.6 Å². The van der Waals surface area contributed by atoms with E-state index in [9.17, 15) is 8.42 Å². The van der Waals surface area contributed by atoms with Crippen molar-refractivity contribution in [3.05, 3.63) is 34.9 Å². The number of nitrogens with zero attached hydrogens (tertiary/aromatic N) is 2. The van der Waals surface area contributed by atoms with Crippen molar-refractivity contribution < 1.29 is 8.42 Å². The van der Waals surface area contributed by atoms with Crippen molar-refractivity contribution in [2.75, 3.05) is 13.6 Å². The number of benzene rings is 1. The molecule has 0 N–H and O–H groups in total. The van der Waals surface area contributed by atoms with Gasteiger partial charge in [-0.15, -0.1) is 0 Å². The largest absolute Gasteiger partial charge is 0.219 e. The highest BCUT2D eigenvalue weighted by molar-refractivity contribution is 7.88. The summed E-state index contributed by atoms with van der Waals surface area (Å²) in [5, 5.41) is 8.85. The van der Waals surface area contributed by atoms with E-state index in [4.69, 9.17) is 16.9 Å². The van der Waals surface area contributed by atoms with Crippen molar-refractivity contribution in [2.45, 2.75) is 5.75 Å². The highest BCUT2D eigenvalue weighted by atomic mass is 35.5. The lowest BCUT2D eigenvalue weighted by molar-refractivity contribution is 0.501. The van der Waals surface area contributed by atoms with Gasteiger partial charge in [0.05, 0.1) is 11.8 Å². The molecule has 0 atom stereocenters. The van der Waals surface area contributed by atoms with Gasteiger partial charge >= 0.3 is 0 Å². The van der Waals surface area contributed by atoms with Crippen molar-refractivity contribution in [1.82, 2.24) is 4.31 Å². The van der Waals surface area contributed by atoms with Crippen LogP contribution in [0, 0.1) is 11.3 Å². The van der Waals surface area contributed by atoms with Crippen LogP contribution in [0.3, 0.4) is 0 Å². The van der Waals surface area contributed by atoms with Crippen molar-refractivity contribution in [1.29, 1.82) is 5.26 Å². The molecule has 0 amide bonds. The second-order valence-electron chi connectivity index (χ2n) is 3.26. The summed E-state index contributed by atoms with van der Waals surface area (Å²) in [5.41, 5.74) is 0.536. The SMILES string of the molecule is CN(CC#N)S(=O)(=O)Cc1ccccc1Cl. The predicted octanol–water partition coefficient (Wildman–Crippen LogP) is 1.63.